The van der Waals surface area contributed by atoms with Crippen molar-refractivity contribution in [1.29, 1.82) is 0 Å². The minimum absolute atomic E-state index is 0.0487. The van der Waals surface area contributed by atoms with Gasteiger partial charge in [-0.2, -0.15) is 0 Å². The average Bonchev–Trinajstić information content (AvgIpc) is 2.77. The Balaban J connectivity index is 1.43. The van der Waals surface area contributed by atoms with Gasteiger partial charge in [0.15, 0.2) is 17.9 Å². The van der Waals surface area contributed by atoms with Crippen molar-refractivity contribution >= 4 is 17.2 Å². The summed E-state index contributed by atoms with van der Waals surface area (Å²) in [4.78, 5) is 0. The molecule has 1 aromatic rings. The summed E-state index contributed by atoms with van der Waals surface area (Å²) in [5.74, 6) is 0.945. The predicted octanol–water partition coefficient (Wildman–Crippen LogP) is 7.41. The minimum atomic E-state index is -0.460. The number of allylic oxidation sites excluding steroid dienone is 2. The van der Waals surface area contributed by atoms with Crippen LogP contribution in [0.5, 0.6) is 5.75 Å². The lowest BCUT2D eigenvalue weighted by molar-refractivity contribution is -0.205. The molecule has 1 aliphatic carbocycles. The first-order valence-corrected chi connectivity index (χ1v) is 12.0. The van der Waals surface area contributed by atoms with Gasteiger partial charge in [0.1, 0.15) is 0 Å². The Morgan fingerprint density at radius 3 is 2.53 bits per heavy atom. The first-order chi connectivity index (χ1) is 14.6. The van der Waals surface area contributed by atoms with Gasteiger partial charge in [-0.15, -0.1) is 0 Å². The van der Waals surface area contributed by atoms with Crippen LogP contribution < -0.4 is 4.74 Å². The molecule has 1 saturated heterocycles. The second-order valence-electron chi connectivity index (χ2n) is 8.58. The van der Waals surface area contributed by atoms with Crippen molar-refractivity contribution in [3.63, 3.8) is 0 Å². The van der Waals surface area contributed by atoms with E-state index < -0.39 is 5.82 Å². The summed E-state index contributed by atoms with van der Waals surface area (Å²) in [5.41, 5.74) is 1.93. The Hall–Kier alpha value is -1.10. The molecule has 1 aliphatic heterocycles. The maximum atomic E-state index is 14.4. The van der Waals surface area contributed by atoms with E-state index in [-0.39, 0.29) is 17.1 Å². The first kappa shape index (κ1) is 23.6. The van der Waals surface area contributed by atoms with E-state index in [1.54, 1.807) is 6.07 Å². The van der Waals surface area contributed by atoms with E-state index in [4.69, 9.17) is 25.8 Å². The van der Waals surface area contributed by atoms with Gasteiger partial charge in [-0.3, -0.25) is 0 Å². The Morgan fingerprint density at radius 1 is 1.07 bits per heavy atom. The number of unbranched alkanes of at least 4 members (excludes halogenated alkanes) is 2. The van der Waals surface area contributed by atoms with E-state index in [0.29, 0.717) is 18.4 Å². The molecule has 0 amide bonds. The Kier molecular flexibility index (Phi) is 9.48. The molecule has 0 bridgehead atoms. The van der Waals surface area contributed by atoms with Crippen LogP contribution in [0.1, 0.15) is 77.2 Å². The quantitative estimate of drug-likeness (QED) is 0.356. The molecule has 0 N–H and O–H groups in total. The highest BCUT2D eigenvalue weighted by Gasteiger charge is 2.24. The van der Waals surface area contributed by atoms with E-state index in [2.05, 4.69) is 13.0 Å². The molecule has 3 rings (SSSR count). The Morgan fingerprint density at radius 2 is 1.87 bits per heavy atom. The van der Waals surface area contributed by atoms with Gasteiger partial charge in [0.05, 0.1) is 24.8 Å². The zero-order valence-electron chi connectivity index (χ0n) is 18.4. The third-order valence-electron chi connectivity index (χ3n) is 6.27. The number of halogens is 2. The van der Waals surface area contributed by atoms with Gasteiger partial charge in [-0.1, -0.05) is 43.9 Å². The molecule has 0 spiro atoms. The van der Waals surface area contributed by atoms with E-state index in [1.807, 2.05) is 13.0 Å². The highest BCUT2D eigenvalue weighted by molar-refractivity contribution is 6.32. The lowest BCUT2D eigenvalue weighted by Gasteiger charge is -2.31. The summed E-state index contributed by atoms with van der Waals surface area (Å²) in [5, 5.41) is 0.170. The highest BCUT2D eigenvalue weighted by Crippen LogP contribution is 2.38. The molecule has 5 heteroatoms. The molecular weight excluding hydrogens is 403 g/mol. The molecule has 1 fully saturated rings. The van der Waals surface area contributed by atoms with Crippen molar-refractivity contribution in [3.05, 3.63) is 34.6 Å². The summed E-state index contributed by atoms with van der Waals surface area (Å²) in [6.07, 6.45) is 12.3. The molecule has 0 saturated carbocycles. The van der Waals surface area contributed by atoms with E-state index in [9.17, 15) is 4.39 Å². The lowest BCUT2D eigenvalue weighted by Crippen LogP contribution is -2.32. The number of ether oxygens (including phenoxy) is 3. The molecule has 1 aromatic carbocycles. The fourth-order valence-electron chi connectivity index (χ4n) is 4.41. The number of hydrogen-bond acceptors (Lipinski definition) is 3. The fraction of sp³-hybridized carbons (Fsp3) is 0.680. The van der Waals surface area contributed by atoms with Crippen molar-refractivity contribution in [3.8, 4) is 5.75 Å². The van der Waals surface area contributed by atoms with Crippen molar-refractivity contribution in [2.24, 2.45) is 11.8 Å². The third kappa shape index (κ3) is 6.45. The normalized spacial score (nSPS) is 24.5. The van der Waals surface area contributed by atoms with E-state index in [0.717, 1.165) is 56.5 Å². The second kappa shape index (κ2) is 12.1. The predicted molar refractivity (Wildman–Crippen MR) is 120 cm³/mol. The number of hydrogen-bond donors (Lipinski definition) is 0. The van der Waals surface area contributed by atoms with Crippen molar-refractivity contribution in [1.82, 2.24) is 0 Å². The largest absolute Gasteiger partial charge is 0.491 e. The second-order valence-corrected chi connectivity index (χ2v) is 8.96. The topological polar surface area (TPSA) is 27.7 Å². The summed E-state index contributed by atoms with van der Waals surface area (Å²) in [6, 6.07) is 3.56. The minimum Gasteiger partial charge on any atom is -0.491 e. The maximum absolute atomic E-state index is 14.4. The van der Waals surface area contributed by atoms with Gasteiger partial charge in [0.2, 0.25) is 0 Å². The van der Waals surface area contributed by atoms with E-state index >= 15 is 0 Å². The van der Waals surface area contributed by atoms with Crippen LogP contribution >= 0.6 is 11.6 Å². The zero-order valence-corrected chi connectivity index (χ0v) is 19.2. The van der Waals surface area contributed by atoms with Crippen LogP contribution in [-0.4, -0.2) is 26.1 Å². The first-order valence-electron chi connectivity index (χ1n) is 11.7. The smallest absolute Gasteiger partial charge is 0.184 e. The molecule has 0 radical (unpaired) electrons. The molecule has 30 heavy (non-hydrogen) atoms. The molecule has 0 aromatic heterocycles. The molecule has 1 unspecified atom stereocenters. The van der Waals surface area contributed by atoms with Crippen molar-refractivity contribution in [2.75, 3.05) is 19.8 Å². The summed E-state index contributed by atoms with van der Waals surface area (Å²) >= 11 is 6.29. The lowest BCUT2D eigenvalue weighted by atomic mass is 9.84. The Bertz CT molecular complexity index is 698. The average molecular weight is 439 g/mol. The number of rotatable bonds is 10. The third-order valence-corrected chi connectivity index (χ3v) is 6.64. The van der Waals surface area contributed by atoms with Crippen LogP contribution in [0.3, 0.4) is 0 Å². The van der Waals surface area contributed by atoms with Gasteiger partial charge in [-0.25, -0.2) is 4.39 Å². The van der Waals surface area contributed by atoms with Crippen LogP contribution in [-0.2, 0) is 9.47 Å². The highest BCUT2D eigenvalue weighted by atomic mass is 35.5. The van der Waals surface area contributed by atoms with Gasteiger partial charge < -0.3 is 14.2 Å². The summed E-state index contributed by atoms with van der Waals surface area (Å²) < 4.78 is 31.6. The fourth-order valence-corrected chi connectivity index (χ4v) is 4.69. The van der Waals surface area contributed by atoms with Crippen molar-refractivity contribution in [2.45, 2.75) is 77.9 Å². The van der Waals surface area contributed by atoms with Gasteiger partial charge in [0.25, 0.3) is 0 Å². The molecular formula is C25H36ClFO3. The van der Waals surface area contributed by atoms with Gasteiger partial charge in [-0.05, 0) is 74.6 Å². The van der Waals surface area contributed by atoms with Crippen LogP contribution in [0, 0.1) is 17.7 Å². The molecule has 1 heterocycles. The monoisotopic (exact) mass is 438 g/mol. The SMILES string of the molecule is CCCCCC1COC(CCC2CC=C(c3ccc(OCC)c(F)c3Cl)CC2)OC1. The zero-order chi connectivity index (χ0) is 21.3. The standard InChI is InChI=1S/C25H36ClFO3/c1-3-5-6-7-19-16-29-23(30-17-19)15-10-18-8-11-20(12-9-18)21-13-14-22(28-4-2)25(27)24(21)26/h11,13-14,18-19,23H,3-10,12,15-17H2,1-2H3. The molecule has 3 nitrogen and oxygen atoms in total. The van der Waals surface area contributed by atoms with Gasteiger partial charge in [0, 0.05) is 5.92 Å². The van der Waals surface area contributed by atoms with Gasteiger partial charge >= 0.3 is 0 Å². The number of benzene rings is 1. The maximum Gasteiger partial charge on any atom is 0.184 e. The molecule has 2 aliphatic rings. The van der Waals surface area contributed by atoms with E-state index in [1.165, 1.54) is 25.7 Å². The molecule has 168 valence electrons. The Labute approximate surface area is 185 Å². The summed E-state index contributed by atoms with van der Waals surface area (Å²) in [6.45, 7) is 6.17. The van der Waals surface area contributed by atoms with Crippen LogP contribution in [0.2, 0.25) is 5.02 Å². The van der Waals surface area contributed by atoms with Crippen LogP contribution in [0.15, 0.2) is 18.2 Å². The van der Waals surface area contributed by atoms with Crippen LogP contribution in [0.25, 0.3) is 5.57 Å². The summed E-state index contributed by atoms with van der Waals surface area (Å²) in [7, 11) is 0. The van der Waals surface area contributed by atoms with Crippen molar-refractivity contribution < 1.29 is 18.6 Å². The van der Waals surface area contributed by atoms with Crippen LogP contribution in [0.4, 0.5) is 4.39 Å². The molecule has 1 atom stereocenters.